The van der Waals surface area contributed by atoms with Crippen molar-refractivity contribution in [3.8, 4) is 0 Å². The molecule has 8 heteroatoms. The van der Waals surface area contributed by atoms with E-state index in [1.807, 2.05) is 61.5 Å². The minimum Gasteiger partial charge on any atom is -0.481 e. The Morgan fingerprint density at radius 3 is 2.38 bits per heavy atom. The van der Waals surface area contributed by atoms with Crippen LogP contribution in [0.2, 0.25) is 0 Å². The lowest BCUT2D eigenvalue weighted by molar-refractivity contribution is -0.152. The van der Waals surface area contributed by atoms with E-state index >= 15 is 0 Å². The van der Waals surface area contributed by atoms with Gasteiger partial charge in [0.1, 0.15) is 0 Å². The largest absolute Gasteiger partial charge is 0.481 e. The predicted molar refractivity (Wildman–Crippen MR) is 153 cm³/mol. The molecule has 2 N–H and O–H groups in total. The summed E-state index contributed by atoms with van der Waals surface area (Å²) in [5, 5.41) is 18.7. The molecule has 214 valence electrons. The van der Waals surface area contributed by atoms with Gasteiger partial charge in [-0.25, -0.2) is 5.01 Å². The van der Waals surface area contributed by atoms with Crippen LogP contribution in [0.5, 0.6) is 0 Å². The number of carbonyl (C=O) groups excluding carboxylic acids is 2. The van der Waals surface area contributed by atoms with Gasteiger partial charge in [-0.1, -0.05) is 69.7 Å². The number of aliphatic carboxylic acids is 1. The molecule has 1 aliphatic carbocycles. The molecule has 1 aliphatic heterocycles. The zero-order chi connectivity index (χ0) is 28.7. The van der Waals surface area contributed by atoms with Crippen LogP contribution in [0.15, 0.2) is 59.7 Å². The highest BCUT2D eigenvalue weighted by Gasteiger charge is 2.40. The van der Waals surface area contributed by atoms with E-state index in [9.17, 15) is 19.5 Å². The number of nitrogens with zero attached hydrogens (tertiary/aromatic N) is 2. The number of carboxylic acids is 1. The van der Waals surface area contributed by atoms with Gasteiger partial charge in [0, 0.05) is 12.1 Å². The highest BCUT2D eigenvalue weighted by Crippen LogP contribution is 2.41. The van der Waals surface area contributed by atoms with Gasteiger partial charge < -0.3 is 15.2 Å². The van der Waals surface area contributed by atoms with E-state index in [1.165, 1.54) is 5.01 Å². The first-order chi connectivity index (χ1) is 19.3. The number of carboxylic acid groups (broad SMARTS) is 1. The third-order valence-electron chi connectivity index (χ3n) is 8.78. The van der Waals surface area contributed by atoms with Crippen molar-refractivity contribution in [3.63, 3.8) is 0 Å². The smallest absolute Gasteiger partial charge is 0.309 e. The maximum atomic E-state index is 13.4. The second-order valence-corrected chi connectivity index (χ2v) is 11.2. The summed E-state index contributed by atoms with van der Waals surface area (Å²) in [5.41, 5.74) is 2.06. The van der Waals surface area contributed by atoms with Crippen molar-refractivity contribution in [3.05, 3.63) is 71.3 Å². The lowest BCUT2D eigenvalue weighted by Gasteiger charge is -2.36. The van der Waals surface area contributed by atoms with Crippen LogP contribution >= 0.6 is 0 Å². The summed E-state index contributed by atoms with van der Waals surface area (Å²) in [6.45, 7) is 6.96. The Bertz CT molecular complexity index is 1200. The zero-order valence-electron chi connectivity index (χ0n) is 23.8. The van der Waals surface area contributed by atoms with Crippen molar-refractivity contribution in [2.75, 3.05) is 13.2 Å². The molecule has 4 rings (SSSR count). The van der Waals surface area contributed by atoms with E-state index in [0.717, 1.165) is 36.0 Å². The minimum atomic E-state index is -0.695. The van der Waals surface area contributed by atoms with Crippen molar-refractivity contribution in [2.45, 2.75) is 71.8 Å². The molecule has 0 spiro atoms. The number of nitrogens with one attached hydrogen (secondary N) is 1. The normalized spacial score (nSPS) is 22.6. The van der Waals surface area contributed by atoms with E-state index in [1.54, 1.807) is 0 Å². The van der Waals surface area contributed by atoms with E-state index in [-0.39, 0.29) is 30.3 Å². The summed E-state index contributed by atoms with van der Waals surface area (Å²) < 4.78 is 5.54. The molecule has 2 aromatic rings. The quantitative estimate of drug-likeness (QED) is 0.396. The molecular weight excluding hydrogens is 506 g/mol. The van der Waals surface area contributed by atoms with Gasteiger partial charge in [0.25, 0.3) is 5.91 Å². The Kier molecular flexibility index (Phi) is 9.61. The van der Waals surface area contributed by atoms with Crippen LogP contribution in [0.1, 0.15) is 81.9 Å². The van der Waals surface area contributed by atoms with Crippen molar-refractivity contribution >= 4 is 23.7 Å². The molecule has 2 unspecified atom stereocenters. The molecule has 2 aromatic carbocycles. The first-order valence-electron chi connectivity index (χ1n) is 14.4. The Hall–Kier alpha value is -3.68. The maximum absolute atomic E-state index is 13.4. The lowest BCUT2D eigenvalue weighted by atomic mass is 9.69. The average molecular weight is 548 g/mol. The molecule has 2 amide bonds. The van der Waals surface area contributed by atoms with Crippen LogP contribution in [0, 0.1) is 17.3 Å². The number of hydrogen-bond donors (Lipinski definition) is 2. The maximum Gasteiger partial charge on any atom is 0.309 e. The van der Waals surface area contributed by atoms with Gasteiger partial charge in [-0.2, -0.15) is 0 Å². The number of hydrogen-bond acceptors (Lipinski definition) is 5. The fourth-order valence-corrected chi connectivity index (χ4v) is 5.73. The fourth-order valence-electron chi connectivity index (χ4n) is 5.73. The van der Waals surface area contributed by atoms with Crippen LogP contribution < -0.4 is 5.32 Å². The summed E-state index contributed by atoms with van der Waals surface area (Å²) in [4.78, 5) is 37.6. The van der Waals surface area contributed by atoms with Gasteiger partial charge in [0.15, 0.2) is 6.61 Å². The summed E-state index contributed by atoms with van der Waals surface area (Å²) >= 11 is 0. The van der Waals surface area contributed by atoms with Gasteiger partial charge in [-0.3, -0.25) is 14.4 Å². The molecule has 0 saturated heterocycles. The predicted octanol–water partition coefficient (Wildman–Crippen LogP) is 5.32. The average Bonchev–Trinajstić information content (AvgIpc) is 2.98. The third kappa shape index (κ3) is 6.72. The third-order valence-corrected chi connectivity index (χ3v) is 8.78. The van der Waals surface area contributed by atoms with E-state index in [4.69, 9.17) is 4.74 Å². The second-order valence-electron chi connectivity index (χ2n) is 11.2. The van der Waals surface area contributed by atoms with E-state index in [2.05, 4.69) is 24.3 Å². The minimum absolute atomic E-state index is 0.00752. The van der Waals surface area contributed by atoms with Crippen LogP contribution in [-0.2, 0) is 25.7 Å². The van der Waals surface area contributed by atoms with Crippen molar-refractivity contribution in [2.24, 2.45) is 22.4 Å². The van der Waals surface area contributed by atoms with Crippen LogP contribution in [-0.4, -0.2) is 46.9 Å². The Morgan fingerprint density at radius 2 is 1.77 bits per heavy atom. The van der Waals surface area contributed by atoms with Gasteiger partial charge in [0.2, 0.25) is 11.8 Å². The summed E-state index contributed by atoms with van der Waals surface area (Å²) in [7, 11) is 0. The van der Waals surface area contributed by atoms with Crippen LogP contribution in [0.4, 0.5) is 0 Å². The molecule has 8 nitrogen and oxygen atoms in total. The van der Waals surface area contributed by atoms with Gasteiger partial charge >= 0.3 is 5.97 Å². The Balaban J connectivity index is 1.39. The number of amides is 2. The summed E-state index contributed by atoms with van der Waals surface area (Å²) in [5.74, 6) is -0.308. The standard InChI is InChI=1S/C32H41N3O5/c1-4-22(3)28(29(37)33-19-23-15-17-32(5-2,18-16-23)31(38)39)25-13-11-24(12-14-25)20-35-27(36)21-40-30(34-35)26-9-7-6-8-10-26/h6-14,22-23,28H,4-5,15-21H2,1-3H3,(H,33,37)(H,38,39). The molecule has 2 atom stereocenters. The highest BCUT2D eigenvalue weighted by molar-refractivity contribution is 5.97. The van der Waals surface area contributed by atoms with Gasteiger partial charge in [-0.15, -0.1) is 5.10 Å². The topological polar surface area (TPSA) is 108 Å². The first kappa shape index (κ1) is 29.3. The second kappa shape index (κ2) is 13.1. The van der Waals surface area contributed by atoms with Crippen LogP contribution in [0.25, 0.3) is 0 Å². The number of ether oxygens (including phenoxy) is 1. The molecule has 2 aliphatic rings. The number of rotatable bonds is 11. The Labute approximate surface area is 236 Å². The SMILES string of the molecule is CCC(C)C(C(=O)NCC1CCC(CC)(C(=O)O)CC1)c1ccc(CN2N=C(c3ccccc3)OCC2=O)cc1. The molecule has 40 heavy (non-hydrogen) atoms. The molecular formula is C32H41N3O5. The summed E-state index contributed by atoms with van der Waals surface area (Å²) in [6.07, 6.45) is 4.47. The highest BCUT2D eigenvalue weighted by atomic mass is 16.5. The van der Waals surface area contributed by atoms with Crippen LogP contribution in [0.3, 0.4) is 0 Å². The molecule has 0 radical (unpaired) electrons. The lowest BCUT2D eigenvalue weighted by Crippen LogP contribution is -2.40. The van der Waals surface area contributed by atoms with Gasteiger partial charge in [0.05, 0.1) is 17.9 Å². The van der Waals surface area contributed by atoms with Crippen molar-refractivity contribution in [1.29, 1.82) is 0 Å². The number of carbonyl (C=O) groups is 3. The number of benzene rings is 2. The Morgan fingerprint density at radius 1 is 1.10 bits per heavy atom. The molecule has 0 bridgehead atoms. The zero-order valence-corrected chi connectivity index (χ0v) is 23.8. The van der Waals surface area contributed by atoms with E-state index in [0.29, 0.717) is 44.2 Å². The molecule has 0 aromatic heterocycles. The van der Waals surface area contributed by atoms with Gasteiger partial charge in [-0.05, 0) is 67.2 Å². The monoisotopic (exact) mass is 547 g/mol. The van der Waals surface area contributed by atoms with Crippen molar-refractivity contribution < 1.29 is 24.2 Å². The molecule has 1 heterocycles. The first-order valence-corrected chi connectivity index (χ1v) is 14.4. The molecule has 1 saturated carbocycles. The fraction of sp³-hybridized carbons (Fsp3) is 0.500. The summed E-state index contributed by atoms with van der Waals surface area (Å²) in [6, 6.07) is 17.4. The van der Waals surface area contributed by atoms with Crippen molar-refractivity contribution in [1.82, 2.24) is 10.3 Å². The van der Waals surface area contributed by atoms with E-state index < -0.39 is 11.4 Å². The number of hydrazone groups is 1. The molecule has 1 fully saturated rings.